The molecule has 1 rings (SSSR count). The van der Waals surface area contributed by atoms with E-state index in [0.29, 0.717) is 0 Å². The average Bonchev–Trinajstić information content (AvgIpc) is 2.06. The molecule has 0 heterocycles. The molecule has 0 aromatic heterocycles. The Morgan fingerprint density at radius 3 is 2.50 bits per heavy atom. The standard InChI is InChI=1S/C9H12N2O/c1-7-2-4-8(5-3-7)9(10)6-11-12/h2-6,9,12H,10H2,1H3/b11-6+. The topological polar surface area (TPSA) is 58.6 Å². The molecule has 1 unspecified atom stereocenters. The van der Waals surface area contributed by atoms with Crippen molar-refractivity contribution < 1.29 is 5.21 Å². The first-order valence-electron chi connectivity index (χ1n) is 3.73. The van der Waals surface area contributed by atoms with Gasteiger partial charge in [0, 0.05) is 0 Å². The number of rotatable bonds is 2. The summed E-state index contributed by atoms with van der Waals surface area (Å²) in [7, 11) is 0. The van der Waals surface area contributed by atoms with Crippen LogP contribution in [-0.4, -0.2) is 11.4 Å². The Morgan fingerprint density at radius 1 is 1.42 bits per heavy atom. The zero-order chi connectivity index (χ0) is 8.97. The van der Waals surface area contributed by atoms with Crippen molar-refractivity contribution in [3.8, 4) is 0 Å². The molecule has 12 heavy (non-hydrogen) atoms. The van der Waals surface area contributed by atoms with Gasteiger partial charge in [0.2, 0.25) is 0 Å². The second-order valence-corrected chi connectivity index (χ2v) is 2.70. The molecule has 1 aromatic carbocycles. The van der Waals surface area contributed by atoms with E-state index in [1.165, 1.54) is 11.8 Å². The average molecular weight is 164 g/mol. The van der Waals surface area contributed by atoms with Gasteiger partial charge in [-0.1, -0.05) is 29.8 Å². The highest BCUT2D eigenvalue weighted by Crippen LogP contribution is 2.09. The smallest absolute Gasteiger partial charge is 0.0689 e. The molecular weight excluding hydrogens is 152 g/mol. The van der Waals surface area contributed by atoms with Crippen LogP contribution in [0.15, 0.2) is 29.4 Å². The summed E-state index contributed by atoms with van der Waals surface area (Å²) in [5.74, 6) is 0. The van der Waals surface area contributed by atoms with Crippen molar-refractivity contribution >= 4 is 6.21 Å². The first-order chi connectivity index (χ1) is 5.74. The fraction of sp³-hybridized carbons (Fsp3) is 0.222. The first kappa shape index (κ1) is 8.74. The highest BCUT2D eigenvalue weighted by atomic mass is 16.4. The van der Waals surface area contributed by atoms with Gasteiger partial charge in [-0.05, 0) is 12.5 Å². The van der Waals surface area contributed by atoms with E-state index in [1.54, 1.807) is 0 Å². The van der Waals surface area contributed by atoms with E-state index in [4.69, 9.17) is 10.9 Å². The van der Waals surface area contributed by atoms with Gasteiger partial charge in [0.1, 0.15) is 0 Å². The van der Waals surface area contributed by atoms with Gasteiger partial charge < -0.3 is 10.9 Å². The minimum Gasteiger partial charge on any atom is -0.411 e. The van der Waals surface area contributed by atoms with E-state index < -0.39 is 0 Å². The number of benzene rings is 1. The summed E-state index contributed by atoms with van der Waals surface area (Å²) in [6.45, 7) is 2.01. The molecule has 0 saturated carbocycles. The third-order valence-electron chi connectivity index (χ3n) is 1.69. The molecule has 0 aliphatic carbocycles. The summed E-state index contributed by atoms with van der Waals surface area (Å²) in [5, 5.41) is 11.1. The van der Waals surface area contributed by atoms with Crippen LogP contribution in [0, 0.1) is 6.92 Å². The number of hydrogen-bond donors (Lipinski definition) is 2. The lowest BCUT2D eigenvalue weighted by Gasteiger charge is -2.04. The van der Waals surface area contributed by atoms with Gasteiger partial charge in [0.25, 0.3) is 0 Å². The molecule has 0 fully saturated rings. The van der Waals surface area contributed by atoms with Crippen LogP contribution >= 0.6 is 0 Å². The summed E-state index contributed by atoms with van der Waals surface area (Å²) in [6.07, 6.45) is 1.30. The molecule has 1 aromatic rings. The second kappa shape index (κ2) is 3.88. The molecule has 64 valence electrons. The van der Waals surface area contributed by atoms with Crippen LogP contribution in [0.2, 0.25) is 0 Å². The van der Waals surface area contributed by atoms with E-state index in [1.807, 2.05) is 31.2 Å². The highest BCUT2D eigenvalue weighted by Gasteiger charge is 2.00. The van der Waals surface area contributed by atoms with E-state index in [-0.39, 0.29) is 6.04 Å². The molecule has 0 bridgehead atoms. The first-order valence-corrected chi connectivity index (χ1v) is 3.73. The van der Waals surface area contributed by atoms with Gasteiger partial charge >= 0.3 is 0 Å². The fourth-order valence-electron chi connectivity index (χ4n) is 0.947. The molecule has 3 heteroatoms. The molecule has 3 N–H and O–H groups in total. The maximum atomic E-state index is 8.24. The Morgan fingerprint density at radius 2 is 2.00 bits per heavy atom. The molecular formula is C9H12N2O. The minimum absolute atomic E-state index is 0.324. The van der Waals surface area contributed by atoms with Crippen LogP contribution in [0.3, 0.4) is 0 Å². The zero-order valence-electron chi connectivity index (χ0n) is 6.94. The van der Waals surface area contributed by atoms with Crippen molar-refractivity contribution in [1.29, 1.82) is 0 Å². The van der Waals surface area contributed by atoms with Crippen LogP contribution in [-0.2, 0) is 0 Å². The number of nitrogens with zero attached hydrogens (tertiary/aromatic N) is 1. The molecule has 0 amide bonds. The maximum Gasteiger partial charge on any atom is 0.0689 e. The number of oxime groups is 1. The molecule has 3 nitrogen and oxygen atoms in total. The van der Waals surface area contributed by atoms with Crippen molar-refractivity contribution in [3.63, 3.8) is 0 Å². The maximum absolute atomic E-state index is 8.24. The van der Waals surface area contributed by atoms with Crippen LogP contribution in [0.5, 0.6) is 0 Å². The Kier molecular flexibility index (Phi) is 2.82. The lowest BCUT2D eigenvalue weighted by Crippen LogP contribution is -2.11. The van der Waals surface area contributed by atoms with Gasteiger partial charge in [-0.3, -0.25) is 0 Å². The van der Waals surface area contributed by atoms with Crippen LogP contribution < -0.4 is 5.73 Å². The van der Waals surface area contributed by atoms with Crippen molar-refractivity contribution in [2.75, 3.05) is 0 Å². The van der Waals surface area contributed by atoms with Crippen LogP contribution in [0.1, 0.15) is 17.2 Å². The van der Waals surface area contributed by atoms with Crippen molar-refractivity contribution in [1.82, 2.24) is 0 Å². The number of hydrogen-bond acceptors (Lipinski definition) is 3. The van der Waals surface area contributed by atoms with E-state index in [2.05, 4.69) is 5.16 Å². The quantitative estimate of drug-likeness (QED) is 0.395. The molecule has 1 atom stereocenters. The summed E-state index contributed by atoms with van der Waals surface area (Å²) in [6, 6.07) is 7.46. The number of aryl methyl sites for hydroxylation is 1. The zero-order valence-corrected chi connectivity index (χ0v) is 6.94. The summed E-state index contributed by atoms with van der Waals surface area (Å²) in [5.41, 5.74) is 7.78. The van der Waals surface area contributed by atoms with Gasteiger partial charge in [-0.25, -0.2) is 0 Å². The van der Waals surface area contributed by atoms with Crippen LogP contribution in [0.25, 0.3) is 0 Å². The summed E-state index contributed by atoms with van der Waals surface area (Å²) >= 11 is 0. The van der Waals surface area contributed by atoms with E-state index in [0.717, 1.165) is 5.56 Å². The summed E-state index contributed by atoms with van der Waals surface area (Å²) in [4.78, 5) is 0. The highest BCUT2D eigenvalue weighted by molar-refractivity contribution is 5.66. The fourth-order valence-corrected chi connectivity index (χ4v) is 0.947. The predicted octanol–water partition coefficient (Wildman–Crippen LogP) is 1.45. The summed E-state index contributed by atoms with van der Waals surface area (Å²) < 4.78 is 0. The third kappa shape index (κ3) is 2.07. The van der Waals surface area contributed by atoms with Crippen LogP contribution in [0.4, 0.5) is 0 Å². The largest absolute Gasteiger partial charge is 0.411 e. The molecule has 0 spiro atoms. The normalized spacial score (nSPS) is 13.5. The molecule has 0 aliphatic heterocycles. The molecule has 0 radical (unpaired) electrons. The SMILES string of the molecule is Cc1ccc(C(N)/C=N/O)cc1. The predicted molar refractivity (Wildman–Crippen MR) is 48.4 cm³/mol. The lowest BCUT2D eigenvalue weighted by molar-refractivity contribution is 0.320. The van der Waals surface area contributed by atoms with Gasteiger partial charge in [0.05, 0.1) is 12.3 Å². The Labute approximate surface area is 71.5 Å². The Bertz CT molecular complexity index is 266. The van der Waals surface area contributed by atoms with E-state index >= 15 is 0 Å². The van der Waals surface area contributed by atoms with Gasteiger partial charge in [-0.2, -0.15) is 0 Å². The third-order valence-corrected chi connectivity index (χ3v) is 1.69. The minimum atomic E-state index is -0.324. The van der Waals surface area contributed by atoms with E-state index in [9.17, 15) is 0 Å². The van der Waals surface area contributed by atoms with Gasteiger partial charge in [-0.15, -0.1) is 5.16 Å². The second-order valence-electron chi connectivity index (χ2n) is 2.70. The molecule has 0 aliphatic rings. The molecule has 0 saturated heterocycles. The van der Waals surface area contributed by atoms with Crippen molar-refractivity contribution in [2.24, 2.45) is 10.9 Å². The van der Waals surface area contributed by atoms with Gasteiger partial charge in [0.15, 0.2) is 0 Å². The monoisotopic (exact) mass is 164 g/mol. The van der Waals surface area contributed by atoms with Crippen molar-refractivity contribution in [2.45, 2.75) is 13.0 Å². The number of nitrogens with two attached hydrogens (primary N) is 1. The lowest BCUT2D eigenvalue weighted by atomic mass is 10.1. The Hall–Kier alpha value is -1.35. The van der Waals surface area contributed by atoms with Crippen molar-refractivity contribution in [3.05, 3.63) is 35.4 Å². The Balaban J connectivity index is 2.82.